The third kappa shape index (κ3) is 6.66. The van der Waals surface area contributed by atoms with E-state index in [1.807, 2.05) is 32.9 Å². The van der Waals surface area contributed by atoms with E-state index < -0.39 is 22.0 Å². The van der Waals surface area contributed by atoms with Crippen LogP contribution in [0, 0.1) is 13.8 Å². The highest BCUT2D eigenvalue weighted by Gasteiger charge is 2.28. The van der Waals surface area contributed by atoms with Gasteiger partial charge in [-0.15, -0.1) is 0 Å². The zero-order valence-corrected chi connectivity index (χ0v) is 19.0. The molecule has 2 aromatic carbocycles. The molecule has 0 radical (unpaired) electrons. The molecule has 0 bridgehead atoms. The van der Waals surface area contributed by atoms with Crippen molar-refractivity contribution >= 4 is 21.6 Å². The van der Waals surface area contributed by atoms with Crippen molar-refractivity contribution in [2.24, 2.45) is 0 Å². The quantitative estimate of drug-likeness (QED) is 0.581. The molecule has 0 saturated heterocycles. The van der Waals surface area contributed by atoms with E-state index in [0.717, 1.165) is 27.4 Å². The molecule has 0 spiro atoms. The number of sulfonamides is 1. The summed E-state index contributed by atoms with van der Waals surface area (Å²) in [6, 6.07) is 11.6. The fourth-order valence-electron chi connectivity index (χ4n) is 3.17. The fraction of sp³-hybridized carbons (Fsp3) is 0.409. The molecule has 164 valence electrons. The van der Waals surface area contributed by atoms with E-state index >= 15 is 0 Å². The highest BCUT2D eigenvalue weighted by molar-refractivity contribution is 7.92. The maximum absolute atomic E-state index is 12.6. The predicted octanol–water partition coefficient (Wildman–Crippen LogP) is 3.05. The number of amides is 1. The standard InChI is InChI=1S/C22H30N2O5S/c1-6-28-20-9-7-19(8-10-20)24(30(5,26)27)18(4)22(25)23-11-12-29-21-14-16(2)13-17(3)15-21/h7-10,13-15,18H,6,11-12H2,1-5H3,(H,23,25)/t18-/m1/s1. The molecule has 0 aliphatic rings. The first-order valence-electron chi connectivity index (χ1n) is 9.83. The largest absolute Gasteiger partial charge is 0.494 e. The van der Waals surface area contributed by atoms with Crippen LogP contribution in [0.4, 0.5) is 5.69 Å². The van der Waals surface area contributed by atoms with Gasteiger partial charge in [-0.2, -0.15) is 0 Å². The Morgan fingerprint density at radius 3 is 2.17 bits per heavy atom. The van der Waals surface area contributed by atoms with Crippen LogP contribution in [0.3, 0.4) is 0 Å². The summed E-state index contributed by atoms with van der Waals surface area (Å²) in [5.74, 6) is 0.968. The Hall–Kier alpha value is -2.74. The lowest BCUT2D eigenvalue weighted by molar-refractivity contribution is -0.121. The molecule has 0 heterocycles. The van der Waals surface area contributed by atoms with Crippen LogP contribution >= 0.6 is 0 Å². The van der Waals surface area contributed by atoms with Gasteiger partial charge in [0.15, 0.2) is 0 Å². The molecule has 2 aromatic rings. The Labute approximate surface area is 179 Å². The van der Waals surface area contributed by atoms with E-state index in [1.54, 1.807) is 31.2 Å². The smallest absolute Gasteiger partial charge is 0.243 e. The van der Waals surface area contributed by atoms with Crippen LogP contribution in [-0.4, -0.2) is 46.4 Å². The summed E-state index contributed by atoms with van der Waals surface area (Å²) in [7, 11) is -3.67. The summed E-state index contributed by atoms with van der Waals surface area (Å²) < 4.78 is 36.9. The van der Waals surface area contributed by atoms with Crippen molar-refractivity contribution in [3.05, 3.63) is 53.6 Å². The topological polar surface area (TPSA) is 84.9 Å². The second kappa shape index (κ2) is 10.3. The van der Waals surface area contributed by atoms with Gasteiger partial charge in [-0.3, -0.25) is 9.10 Å². The number of benzene rings is 2. The number of hydrogen-bond donors (Lipinski definition) is 1. The van der Waals surface area contributed by atoms with E-state index in [-0.39, 0.29) is 13.2 Å². The molecule has 0 fully saturated rings. The number of anilines is 1. The highest BCUT2D eigenvalue weighted by atomic mass is 32.2. The highest BCUT2D eigenvalue weighted by Crippen LogP contribution is 2.24. The van der Waals surface area contributed by atoms with Gasteiger partial charge in [0.2, 0.25) is 15.9 Å². The molecule has 8 heteroatoms. The van der Waals surface area contributed by atoms with Crippen LogP contribution in [0.15, 0.2) is 42.5 Å². The number of rotatable bonds is 10. The van der Waals surface area contributed by atoms with Crippen LogP contribution in [0.2, 0.25) is 0 Å². The molecular formula is C22H30N2O5S. The normalized spacial score (nSPS) is 12.2. The van der Waals surface area contributed by atoms with Crippen molar-refractivity contribution < 1.29 is 22.7 Å². The minimum atomic E-state index is -3.67. The maximum atomic E-state index is 12.6. The Morgan fingerprint density at radius 2 is 1.63 bits per heavy atom. The molecule has 0 aromatic heterocycles. The minimum Gasteiger partial charge on any atom is -0.494 e. The second-order valence-corrected chi connectivity index (χ2v) is 8.98. The predicted molar refractivity (Wildman–Crippen MR) is 119 cm³/mol. The summed E-state index contributed by atoms with van der Waals surface area (Å²) in [6.07, 6.45) is 1.08. The van der Waals surface area contributed by atoms with Gasteiger partial charge in [0.1, 0.15) is 24.1 Å². The van der Waals surface area contributed by atoms with E-state index in [1.165, 1.54) is 0 Å². The minimum absolute atomic E-state index is 0.261. The Morgan fingerprint density at radius 1 is 1.03 bits per heavy atom. The molecule has 0 saturated carbocycles. The summed E-state index contributed by atoms with van der Waals surface area (Å²) >= 11 is 0. The summed E-state index contributed by atoms with van der Waals surface area (Å²) in [5.41, 5.74) is 2.60. The number of ether oxygens (including phenoxy) is 2. The molecule has 0 aliphatic carbocycles. The first-order valence-corrected chi connectivity index (χ1v) is 11.7. The third-order valence-corrected chi connectivity index (χ3v) is 5.60. The molecule has 1 amide bonds. The van der Waals surface area contributed by atoms with Crippen molar-refractivity contribution in [3.8, 4) is 11.5 Å². The van der Waals surface area contributed by atoms with Crippen molar-refractivity contribution in [2.45, 2.75) is 33.7 Å². The Bertz CT molecular complexity index is 938. The average Bonchev–Trinajstić information content (AvgIpc) is 2.65. The number of carbonyl (C=O) groups is 1. The van der Waals surface area contributed by atoms with Crippen LogP contribution in [-0.2, 0) is 14.8 Å². The van der Waals surface area contributed by atoms with Gasteiger partial charge in [0.05, 0.1) is 25.1 Å². The van der Waals surface area contributed by atoms with E-state index in [4.69, 9.17) is 9.47 Å². The summed E-state index contributed by atoms with van der Waals surface area (Å²) in [5, 5.41) is 2.74. The Kier molecular flexibility index (Phi) is 8.11. The number of nitrogens with one attached hydrogen (secondary N) is 1. The van der Waals surface area contributed by atoms with Crippen molar-refractivity contribution in [2.75, 3.05) is 30.3 Å². The second-order valence-electron chi connectivity index (χ2n) is 7.12. The lowest BCUT2D eigenvalue weighted by Gasteiger charge is -2.28. The fourth-order valence-corrected chi connectivity index (χ4v) is 4.35. The molecule has 0 unspecified atom stereocenters. The molecule has 0 aliphatic heterocycles. The molecule has 1 N–H and O–H groups in total. The molecule has 2 rings (SSSR count). The first-order chi connectivity index (χ1) is 14.1. The van der Waals surface area contributed by atoms with Crippen LogP contribution < -0.4 is 19.1 Å². The Balaban J connectivity index is 1.99. The van der Waals surface area contributed by atoms with Crippen molar-refractivity contribution in [1.29, 1.82) is 0 Å². The maximum Gasteiger partial charge on any atom is 0.243 e. The van der Waals surface area contributed by atoms with E-state index in [2.05, 4.69) is 11.4 Å². The van der Waals surface area contributed by atoms with Crippen molar-refractivity contribution in [1.82, 2.24) is 5.32 Å². The lowest BCUT2D eigenvalue weighted by atomic mass is 10.1. The monoisotopic (exact) mass is 434 g/mol. The van der Waals surface area contributed by atoms with Gasteiger partial charge in [0.25, 0.3) is 0 Å². The van der Waals surface area contributed by atoms with Gasteiger partial charge in [-0.25, -0.2) is 8.42 Å². The van der Waals surface area contributed by atoms with Gasteiger partial charge in [0, 0.05) is 0 Å². The van der Waals surface area contributed by atoms with Gasteiger partial charge in [-0.1, -0.05) is 6.07 Å². The van der Waals surface area contributed by atoms with E-state index in [9.17, 15) is 13.2 Å². The lowest BCUT2D eigenvalue weighted by Crippen LogP contribution is -2.48. The third-order valence-electron chi connectivity index (χ3n) is 4.36. The zero-order valence-electron chi connectivity index (χ0n) is 18.1. The van der Waals surface area contributed by atoms with Crippen LogP contribution in [0.25, 0.3) is 0 Å². The first kappa shape index (κ1) is 23.5. The molecule has 7 nitrogen and oxygen atoms in total. The average molecular weight is 435 g/mol. The summed E-state index contributed by atoms with van der Waals surface area (Å²) in [4.78, 5) is 12.6. The van der Waals surface area contributed by atoms with Gasteiger partial charge < -0.3 is 14.8 Å². The molecular weight excluding hydrogens is 404 g/mol. The summed E-state index contributed by atoms with van der Waals surface area (Å²) in [6.45, 7) is 8.46. The van der Waals surface area contributed by atoms with Gasteiger partial charge in [-0.05, 0) is 75.2 Å². The molecule has 30 heavy (non-hydrogen) atoms. The van der Waals surface area contributed by atoms with Crippen molar-refractivity contribution in [3.63, 3.8) is 0 Å². The molecule has 1 atom stereocenters. The van der Waals surface area contributed by atoms with Gasteiger partial charge >= 0.3 is 0 Å². The van der Waals surface area contributed by atoms with E-state index in [0.29, 0.717) is 18.0 Å². The number of nitrogens with zero attached hydrogens (tertiary/aromatic N) is 1. The van der Waals surface area contributed by atoms with Crippen LogP contribution in [0.5, 0.6) is 11.5 Å². The zero-order chi connectivity index (χ0) is 22.3. The van der Waals surface area contributed by atoms with Crippen LogP contribution in [0.1, 0.15) is 25.0 Å². The number of aryl methyl sites for hydroxylation is 2. The number of hydrogen-bond acceptors (Lipinski definition) is 5. The SMILES string of the molecule is CCOc1ccc(N([C@H](C)C(=O)NCCOc2cc(C)cc(C)c2)S(C)(=O)=O)cc1. The number of carbonyl (C=O) groups excluding carboxylic acids is 1.